The molecule has 0 fully saturated rings. The first-order valence-corrected chi connectivity index (χ1v) is 4.69. The summed E-state index contributed by atoms with van der Waals surface area (Å²) < 4.78 is 0. The minimum atomic E-state index is 0.520. The van der Waals surface area contributed by atoms with Gasteiger partial charge in [-0.1, -0.05) is 6.07 Å². The van der Waals surface area contributed by atoms with E-state index in [1.807, 2.05) is 24.4 Å². The van der Waals surface area contributed by atoms with Gasteiger partial charge in [0.1, 0.15) is 5.82 Å². The first-order chi connectivity index (χ1) is 7.34. The highest BCUT2D eigenvalue weighted by Gasteiger charge is 1.94. The zero-order valence-electron chi connectivity index (χ0n) is 8.22. The number of nitrogens with one attached hydrogen (secondary N) is 1. The Labute approximate surface area is 88.2 Å². The van der Waals surface area contributed by atoms with E-state index in [0.717, 1.165) is 17.8 Å². The summed E-state index contributed by atoms with van der Waals surface area (Å²) in [5.41, 5.74) is 7.66. The van der Waals surface area contributed by atoms with E-state index in [1.54, 1.807) is 18.5 Å². The lowest BCUT2D eigenvalue weighted by molar-refractivity contribution is 1.11. The molecular formula is C11H12N4. The van der Waals surface area contributed by atoms with Gasteiger partial charge in [-0.2, -0.15) is 0 Å². The van der Waals surface area contributed by atoms with E-state index in [9.17, 15) is 0 Å². The Morgan fingerprint density at radius 2 is 2.20 bits per heavy atom. The molecule has 0 bridgehead atoms. The maximum absolute atomic E-state index is 5.56. The summed E-state index contributed by atoms with van der Waals surface area (Å²) in [5.74, 6) is 0.520. The van der Waals surface area contributed by atoms with Gasteiger partial charge in [0, 0.05) is 36.9 Å². The zero-order valence-corrected chi connectivity index (χ0v) is 8.22. The normalized spacial score (nSPS) is 9.87. The molecule has 0 aliphatic rings. The summed E-state index contributed by atoms with van der Waals surface area (Å²) in [4.78, 5) is 7.96. The number of aromatic nitrogens is 2. The predicted octanol–water partition coefficient (Wildman–Crippen LogP) is 1.67. The maximum Gasteiger partial charge on any atom is 0.125 e. The fourth-order valence-corrected chi connectivity index (χ4v) is 1.27. The van der Waals surface area contributed by atoms with Crippen LogP contribution in [0.25, 0.3) is 0 Å². The molecule has 0 aromatic carbocycles. The van der Waals surface area contributed by atoms with Crippen molar-refractivity contribution in [2.24, 2.45) is 0 Å². The second-order valence-electron chi connectivity index (χ2n) is 3.18. The summed E-state index contributed by atoms with van der Waals surface area (Å²) in [6, 6.07) is 7.62. The van der Waals surface area contributed by atoms with Gasteiger partial charge in [0.15, 0.2) is 0 Å². The lowest BCUT2D eigenvalue weighted by Crippen LogP contribution is -2.00. The molecule has 2 aromatic rings. The van der Waals surface area contributed by atoms with Crippen molar-refractivity contribution in [2.45, 2.75) is 6.54 Å². The zero-order chi connectivity index (χ0) is 10.5. The molecule has 0 radical (unpaired) electrons. The summed E-state index contributed by atoms with van der Waals surface area (Å²) in [6.07, 6.45) is 5.27. The first-order valence-electron chi connectivity index (χ1n) is 4.69. The number of nitrogen functional groups attached to an aromatic ring is 1. The van der Waals surface area contributed by atoms with Crippen molar-refractivity contribution in [1.82, 2.24) is 9.97 Å². The van der Waals surface area contributed by atoms with Crippen molar-refractivity contribution >= 4 is 11.5 Å². The van der Waals surface area contributed by atoms with Crippen LogP contribution in [-0.4, -0.2) is 9.97 Å². The molecule has 2 heterocycles. The van der Waals surface area contributed by atoms with E-state index in [0.29, 0.717) is 5.82 Å². The Balaban J connectivity index is 1.99. The van der Waals surface area contributed by atoms with E-state index < -0.39 is 0 Å². The van der Waals surface area contributed by atoms with Crippen LogP contribution < -0.4 is 11.1 Å². The van der Waals surface area contributed by atoms with Gasteiger partial charge in [0.25, 0.3) is 0 Å². The van der Waals surface area contributed by atoms with Gasteiger partial charge in [-0.05, 0) is 17.7 Å². The van der Waals surface area contributed by atoms with Gasteiger partial charge in [0.2, 0.25) is 0 Å². The smallest absolute Gasteiger partial charge is 0.125 e. The fraction of sp³-hybridized carbons (Fsp3) is 0.0909. The summed E-state index contributed by atoms with van der Waals surface area (Å²) in [6.45, 7) is 0.733. The van der Waals surface area contributed by atoms with Crippen LogP contribution in [0, 0.1) is 0 Å². The van der Waals surface area contributed by atoms with Crippen LogP contribution in [0.1, 0.15) is 5.56 Å². The molecule has 2 aromatic heterocycles. The molecule has 4 nitrogen and oxygen atoms in total. The molecule has 0 spiro atoms. The third-order valence-corrected chi connectivity index (χ3v) is 2.00. The average Bonchev–Trinajstić information content (AvgIpc) is 2.28. The SMILES string of the molecule is Nc1cc(NCc2cccnc2)ccn1. The number of nitrogens with two attached hydrogens (primary N) is 1. The first kappa shape index (κ1) is 9.45. The standard InChI is InChI=1S/C11H12N4/c12-11-6-10(3-5-14-11)15-8-9-2-1-4-13-7-9/h1-7H,8H2,(H3,12,14,15). The third kappa shape index (κ3) is 2.67. The highest BCUT2D eigenvalue weighted by Crippen LogP contribution is 2.10. The minimum absolute atomic E-state index is 0.520. The van der Waals surface area contributed by atoms with Crippen LogP contribution in [0.4, 0.5) is 11.5 Å². The van der Waals surface area contributed by atoms with E-state index >= 15 is 0 Å². The van der Waals surface area contributed by atoms with Crippen LogP contribution in [0.5, 0.6) is 0 Å². The largest absolute Gasteiger partial charge is 0.384 e. The third-order valence-electron chi connectivity index (χ3n) is 2.00. The van der Waals surface area contributed by atoms with E-state index in [1.165, 1.54) is 0 Å². The highest BCUT2D eigenvalue weighted by atomic mass is 14.9. The van der Waals surface area contributed by atoms with Gasteiger partial charge in [-0.3, -0.25) is 4.98 Å². The van der Waals surface area contributed by atoms with Crippen LogP contribution in [0.15, 0.2) is 42.9 Å². The molecule has 0 saturated carbocycles. The molecule has 4 heteroatoms. The van der Waals surface area contributed by atoms with Gasteiger partial charge in [-0.15, -0.1) is 0 Å². The van der Waals surface area contributed by atoms with Gasteiger partial charge in [-0.25, -0.2) is 4.98 Å². The van der Waals surface area contributed by atoms with Crippen molar-refractivity contribution in [3.05, 3.63) is 48.4 Å². The molecule has 0 amide bonds. The van der Waals surface area contributed by atoms with Gasteiger partial charge < -0.3 is 11.1 Å². The van der Waals surface area contributed by atoms with Crippen LogP contribution >= 0.6 is 0 Å². The van der Waals surface area contributed by atoms with Crippen molar-refractivity contribution < 1.29 is 0 Å². The number of nitrogens with zero attached hydrogens (tertiary/aromatic N) is 2. The van der Waals surface area contributed by atoms with Crippen molar-refractivity contribution in [3.63, 3.8) is 0 Å². The Morgan fingerprint density at radius 1 is 1.27 bits per heavy atom. The highest BCUT2D eigenvalue weighted by molar-refractivity contribution is 5.49. The number of hydrogen-bond acceptors (Lipinski definition) is 4. The molecule has 0 aliphatic heterocycles. The van der Waals surface area contributed by atoms with Crippen molar-refractivity contribution in [3.8, 4) is 0 Å². The van der Waals surface area contributed by atoms with Crippen LogP contribution in [0.2, 0.25) is 0 Å². The Bertz CT molecular complexity index is 428. The molecule has 0 unspecified atom stereocenters. The molecular weight excluding hydrogens is 188 g/mol. The van der Waals surface area contributed by atoms with E-state index in [-0.39, 0.29) is 0 Å². The van der Waals surface area contributed by atoms with Crippen molar-refractivity contribution in [1.29, 1.82) is 0 Å². The molecule has 0 saturated heterocycles. The second-order valence-corrected chi connectivity index (χ2v) is 3.18. The minimum Gasteiger partial charge on any atom is -0.384 e. The quantitative estimate of drug-likeness (QED) is 0.791. The summed E-state index contributed by atoms with van der Waals surface area (Å²) in [5, 5.41) is 3.24. The lowest BCUT2D eigenvalue weighted by Gasteiger charge is -2.05. The molecule has 0 atom stereocenters. The Morgan fingerprint density at radius 3 is 2.93 bits per heavy atom. The van der Waals surface area contributed by atoms with Crippen molar-refractivity contribution in [2.75, 3.05) is 11.1 Å². The number of hydrogen-bond donors (Lipinski definition) is 2. The fourth-order valence-electron chi connectivity index (χ4n) is 1.27. The number of anilines is 2. The topological polar surface area (TPSA) is 63.8 Å². The average molecular weight is 200 g/mol. The summed E-state index contributed by atoms with van der Waals surface area (Å²) in [7, 11) is 0. The lowest BCUT2D eigenvalue weighted by atomic mass is 10.3. The predicted molar refractivity (Wildman–Crippen MR) is 60.2 cm³/mol. The van der Waals surface area contributed by atoms with Gasteiger partial charge >= 0.3 is 0 Å². The molecule has 3 N–H and O–H groups in total. The Kier molecular flexibility index (Phi) is 2.78. The molecule has 15 heavy (non-hydrogen) atoms. The van der Waals surface area contributed by atoms with E-state index in [2.05, 4.69) is 15.3 Å². The maximum atomic E-state index is 5.56. The Hall–Kier alpha value is -2.10. The second kappa shape index (κ2) is 4.41. The molecule has 0 aliphatic carbocycles. The molecule has 76 valence electrons. The number of pyridine rings is 2. The van der Waals surface area contributed by atoms with Gasteiger partial charge in [0.05, 0.1) is 0 Å². The number of rotatable bonds is 3. The van der Waals surface area contributed by atoms with Crippen LogP contribution in [0.3, 0.4) is 0 Å². The summed E-state index contributed by atoms with van der Waals surface area (Å²) >= 11 is 0. The monoisotopic (exact) mass is 200 g/mol. The van der Waals surface area contributed by atoms with Crippen LogP contribution in [-0.2, 0) is 6.54 Å². The van der Waals surface area contributed by atoms with E-state index in [4.69, 9.17) is 5.73 Å². The molecule has 2 rings (SSSR count).